The summed E-state index contributed by atoms with van der Waals surface area (Å²) in [6.07, 6.45) is 0.847. The topological polar surface area (TPSA) is 130 Å². The summed E-state index contributed by atoms with van der Waals surface area (Å²) in [5.74, 6) is -1.53. The first-order valence-electron chi connectivity index (χ1n) is 5.36. The fourth-order valence-corrected chi connectivity index (χ4v) is 1.93. The van der Waals surface area contributed by atoms with Gasteiger partial charge in [-0.2, -0.15) is 0 Å². The van der Waals surface area contributed by atoms with Crippen molar-refractivity contribution in [2.24, 2.45) is 0 Å². The van der Waals surface area contributed by atoms with Crippen molar-refractivity contribution in [2.75, 3.05) is 11.4 Å². The molecule has 0 spiro atoms. The number of hydrogen-bond donors (Lipinski definition) is 0. The molecule has 9 heteroatoms. The van der Waals surface area contributed by atoms with Crippen LogP contribution in [0.4, 0.5) is 17.1 Å². The van der Waals surface area contributed by atoms with Crippen molar-refractivity contribution >= 4 is 23.0 Å². The molecule has 0 radical (unpaired) electrons. The molecule has 1 aromatic carbocycles. The van der Waals surface area contributed by atoms with Gasteiger partial charge in [0, 0.05) is 25.1 Å². The summed E-state index contributed by atoms with van der Waals surface area (Å²) >= 11 is 0. The van der Waals surface area contributed by atoms with Crippen molar-refractivity contribution in [2.45, 2.75) is 12.8 Å². The lowest BCUT2D eigenvalue weighted by Gasteiger charge is -2.17. The normalized spacial score (nSPS) is 14.7. The summed E-state index contributed by atoms with van der Waals surface area (Å²) in [4.78, 5) is 32.2. The summed E-state index contributed by atoms with van der Waals surface area (Å²) in [7, 11) is 0. The number of nitrogens with zero attached hydrogens (tertiary/aromatic N) is 3. The third-order valence-electron chi connectivity index (χ3n) is 2.81. The minimum atomic E-state index is -1.26. The molecule has 0 N–H and O–H groups in total. The summed E-state index contributed by atoms with van der Waals surface area (Å²) < 4.78 is 0. The maximum atomic E-state index is 11.5. The van der Waals surface area contributed by atoms with E-state index in [1.54, 1.807) is 0 Å². The van der Waals surface area contributed by atoms with E-state index in [4.69, 9.17) is 0 Å². The van der Waals surface area contributed by atoms with E-state index in [9.17, 15) is 30.1 Å². The van der Waals surface area contributed by atoms with E-state index in [0.717, 1.165) is 12.1 Å². The van der Waals surface area contributed by atoms with Crippen molar-refractivity contribution in [3.63, 3.8) is 0 Å². The molecule has 1 saturated heterocycles. The monoisotopic (exact) mass is 266 g/mol. The summed E-state index contributed by atoms with van der Waals surface area (Å²) in [6.45, 7) is 0.325. The zero-order chi connectivity index (χ0) is 14.2. The third-order valence-corrected chi connectivity index (χ3v) is 2.81. The minimum Gasteiger partial charge on any atom is -0.863 e. The molecular formula is C10H8N3O6-. The van der Waals surface area contributed by atoms with Crippen LogP contribution in [0.15, 0.2) is 12.1 Å². The van der Waals surface area contributed by atoms with E-state index in [-0.39, 0.29) is 18.0 Å². The van der Waals surface area contributed by atoms with E-state index in [2.05, 4.69) is 0 Å². The first-order valence-corrected chi connectivity index (χ1v) is 5.36. The van der Waals surface area contributed by atoms with Gasteiger partial charge in [-0.15, -0.1) is 0 Å². The van der Waals surface area contributed by atoms with Crippen LogP contribution in [0, 0.1) is 20.2 Å². The maximum absolute atomic E-state index is 11.5. The Morgan fingerprint density at radius 2 is 1.63 bits per heavy atom. The number of nitro benzene ring substituents is 2. The van der Waals surface area contributed by atoms with Crippen LogP contribution in [-0.4, -0.2) is 22.3 Å². The van der Waals surface area contributed by atoms with Gasteiger partial charge in [-0.3, -0.25) is 25.0 Å². The van der Waals surface area contributed by atoms with Crippen molar-refractivity contribution in [3.8, 4) is 5.75 Å². The molecule has 9 nitrogen and oxygen atoms in total. The van der Waals surface area contributed by atoms with E-state index < -0.39 is 27.0 Å². The predicted octanol–water partition coefficient (Wildman–Crippen LogP) is 0.703. The van der Waals surface area contributed by atoms with Gasteiger partial charge >= 0.3 is 0 Å². The highest BCUT2D eigenvalue weighted by atomic mass is 16.6. The standard InChI is InChI=1S/C10H9N3O6/c14-9-2-1-3-11(9)6-4-7(12(16)17)10(15)8(5-6)13(18)19/h4-5,15H,1-3H2/p-1. The Kier molecular flexibility index (Phi) is 3.03. The van der Waals surface area contributed by atoms with Gasteiger partial charge in [-0.05, 0) is 6.42 Å². The van der Waals surface area contributed by atoms with E-state index in [1.165, 1.54) is 4.90 Å². The molecule has 0 aliphatic carbocycles. The quantitative estimate of drug-likeness (QED) is 0.584. The lowest BCUT2D eigenvalue weighted by Crippen LogP contribution is -2.24. The van der Waals surface area contributed by atoms with Gasteiger partial charge in [-0.1, -0.05) is 0 Å². The molecule has 2 rings (SSSR count). The van der Waals surface area contributed by atoms with Crippen molar-refractivity contribution in [3.05, 3.63) is 32.4 Å². The van der Waals surface area contributed by atoms with Crippen molar-refractivity contribution < 1.29 is 19.7 Å². The average molecular weight is 266 g/mol. The highest BCUT2D eigenvalue weighted by molar-refractivity contribution is 5.96. The number of anilines is 1. The molecule has 1 amide bonds. The molecule has 1 aliphatic rings. The van der Waals surface area contributed by atoms with Gasteiger partial charge in [0.05, 0.1) is 21.3 Å². The minimum absolute atomic E-state index is 0.0144. The predicted molar refractivity (Wildman–Crippen MR) is 60.8 cm³/mol. The van der Waals surface area contributed by atoms with Gasteiger partial charge in [0.1, 0.15) is 0 Å². The van der Waals surface area contributed by atoms with Crippen LogP contribution in [-0.2, 0) is 4.79 Å². The fraction of sp³-hybridized carbons (Fsp3) is 0.300. The molecule has 1 heterocycles. The lowest BCUT2D eigenvalue weighted by molar-refractivity contribution is -0.416. The van der Waals surface area contributed by atoms with E-state index in [1.807, 2.05) is 0 Å². The molecule has 100 valence electrons. The van der Waals surface area contributed by atoms with Gasteiger partial charge in [0.15, 0.2) is 0 Å². The Bertz CT molecular complexity index is 550. The second kappa shape index (κ2) is 4.52. The molecule has 0 bridgehead atoms. The molecule has 0 aromatic heterocycles. The van der Waals surface area contributed by atoms with Crippen LogP contribution in [0.1, 0.15) is 12.8 Å². The van der Waals surface area contributed by atoms with E-state index in [0.29, 0.717) is 13.0 Å². The smallest absolute Gasteiger partial charge is 0.270 e. The first-order chi connectivity index (χ1) is 8.91. The number of amides is 1. The summed E-state index contributed by atoms with van der Waals surface area (Å²) in [5, 5.41) is 33.0. The van der Waals surface area contributed by atoms with Crippen LogP contribution in [0.2, 0.25) is 0 Å². The fourth-order valence-electron chi connectivity index (χ4n) is 1.93. The lowest BCUT2D eigenvalue weighted by atomic mass is 10.2. The van der Waals surface area contributed by atoms with Crippen LogP contribution < -0.4 is 10.0 Å². The Balaban J connectivity index is 2.59. The molecule has 1 aromatic rings. The number of carbonyl (C=O) groups is 1. The van der Waals surface area contributed by atoms with Gasteiger partial charge in [-0.25, -0.2) is 0 Å². The SMILES string of the molecule is O=C1CCCN1c1cc([N+](=O)[O-])c([O-])c([N+](=O)[O-])c1. The number of rotatable bonds is 3. The van der Waals surface area contributed by atoms with Crippen LogP contribution >= 0.6 is 0 Å². The van der Waals surface area contributed by atoms with Gasteiger partial charge in [0.25, 0.3) is 11.4 Å². The highest BCUT2D eigenvalue weighted by Gasteiger charge is 2.27. The molecule has 1 fully saturated rings. The molecule has 0 saturated carbocycles. The second-order valence-corrected chi connectivity index (χ2v) is 3.98. The second-order valence-electron chi connectivity index (χ2n) is 3.98. The highest BCUT2D eigenvalue weighted by Crippen LogP contribution is 2.38. The van der Waals surface area contributed by atoms with Crippen LogP contribution in [0.5, 0.6) is 5.75 Å². The van der Waals surface area contributed by atoms with Gasteiger partial charge < -0.3 is 10.0 Å². The van der Waals surface area contributed by atoms with Crippen LogP contribution in [0.25, 0.3) is 0 Å². The average Bonchev–Trinajstić information content (AvgIpc) is 2.75. The molecule has 1 aliphatic heterocycles. The van der Waals surface area contributed by atoms with Crippen LogP contribution in [0.3, 0.4) is 0 Å². The Morgan fingerprint density at radius 1 is 1.11 bits per heavy atom. The van der Waals surface area contributed by atoms with Crippen molar-refractivity contribution in [1.29, 1.82) is 0 Å². The van der Waals surface area contributed by atoms with E-state index >= 15 is 0 Å². The number of benzene rings is 1. The number of hydrogen-bond acceptors (Lipinski definition) is 6. The molecular weight excluding hydrogens is 258 g/mol. The van der Waals surface area contributed by atoms with Gasteiger partial charge in [0.2, 0.25) is 5.91 Å². The molecule has 19 heavy (non-hydrogen) atoms. The Hall–Kier alpha value is -2.71. The largest absolute Gasteiger partial charge is 0.863 e. The third kappa shape index (κ3) is 2.17. The summed E-state index contributed by atoms with van der Waals surface area (Å²) in [6, 6.07) is 1.80. The Labute approximate surface area is 106 Å². The zero-order valence-electron chi connectivity index (χ0n) is 9.57. The molecule has 0 unspecified atom stereocenters. The Morgan fingerprint density at radius 3 is 2.00 bits per heavy atom. The summed E-state index contributed by atoms with van der Waals surface area (Å²) in [5.41, 5.74) is -1.78. The number of nitro groups is 2. The maximum Gasteiger partial charge on any atom is 0.270 e. The first kappa shape index (κ1) is 12.7. The number of carbonyl (C=O) groups excluding carboxylic acids is 1. The molecule has 0 atom stereocenters. The van der Waals surface area contributed by atoms with Crippen molar-refractivity contribution in [1.82, 2.24) is 0 Å². The zero-order valence-corrected chi connectivity index (χ0v) is 9.57.